The van der Waals surface area contributed by atoms with Gasteiger partial charge in [-0.1, -0.05) is 46.1 Å². The van der Waals surface area contributed by atoms with Crippen LogP contribution in [0.1, 0.15) is 96.0 Å². The van der Waals surface area contributed by atoms with Crippen molar-refractivity contribution in [2.75, 3.05) is 18.6 Å². The first kappa shape index (κ1) is 29.7. The van der Waals surface area contributed by atoms with Gasteiger partial charge in [-0.05, 0) is 56.7 Å². The van der Waals surface area contributed by atoms with E-state index in [0.717, 1.165) is 36.7 Å². The number of nitro groups is 1. The molecule has 41 heavy (non-hydrogen) atoms. The molecule has 2 aromatic heterocycles. The number of fused-ring (bicyclic) bond motifs is 1. The number of carbonyl (C=O) groups excluding carboxylic acids is 1. The SMILES string of the molecule is COC(=O)c1c(N2CCC[C@H]2C(C)(C)O[Si]C(C)(C)C)sc(-c2ccc3c(c2)ncn3C2CCCCC2)c1[N+](=O)[O-]. The van der Waals surface area contributed by atoms with E-state index in [1.165, 1.54) is 37.7 Å². The molecule has 0 N–H and O–H groups in total. The highest BCUT2D eigenvalue weighted by Gasteiger charge is 2.44. The van der Waals surface area contributed by atoms with Crippen LogP contribution >= 0.6 is 11.3 Å². The zero-order valence-corrected chi connectivity index (χ0v) is 26.7. The van der Waals surface area contributed by atoms with E-state index < -0.39 is 16.5 Å². The van der Waals surface area contributed by atoms with Gasteiger partial charge >= 0.3 is 11.7 Å². The van der Waals surface area contributed by atoms with Crippen molar-refractivity contribution in [3.05, 3.63) is 40.2 Å². The van der Waals surface area contributed by atoms with Crippen molar-refractivity contribution in [1.29, 1.82) is 0 Å². The van der Waals surface area contributed by atoms with Crippen molar-refractivity contribution in [3.8, 4) is 10.4 Å². The largest absolute Gasteiger partial charge is 0.465 e. The zero-order valence-electron chi connectivity index (χ0n) is 24.9. The number of carbonyl (C=O) groups is 1. The van der Waals surface area contributed by atoms with Crippen LogP contribution in [0.15, 0.2) is 24.5 Å². The van der Waals surface area contributed by atoms with Crippen LogP contribution < -0.4 is 4.90 Å². The molecule has 0 unspecified atom stereocenters. The van der Waals surface area contributed by atoms with Crippen LogP contribution in [0.25, 0.3) is 21.5 Å². The first-order chi connectivity index (χ1) is 19.4. The standard InChI is InChI=1S/C30H40N4O5SSi/c1-29(2,3)41-39-30(4,5)23-13-10-16-32(23)27-24(28(35)38-6)25(34(36)37)26(40-27)19-14-15-22-21(17-19)31-18-33(22)20-11-8-7-9-12-20/h14-15,17-18,20,23H,7-13,16H2,1-6H3/t23-/m0/s1. The molecule has 220 valence electrons. The third-order valence-corrected chi connectivity index (χ3v) is 10.7. The summed E-state index contributed by atoms with van der Waals surface area (Å²) in [6.45, 7) is 11.3. The van der Waals surface area contributed by atoms with Crippen LogP contribution in [0.5, 0.6) is 0 Å². The van der Waals surface area contributed by atoms with Gasteiger partial charge in [-0.25, -0.2) is 9.78 Å². The molecule has 2 aliphatic rings. The summed E-state index contributed by atoms with van der Waals surface area (Å²) in [6, 6.07) is 6.24. The second-order valence-electron chi connectivity index (χ2n) is 12.8. The molecule has 9 nitrogen and oxygen atoms in total. The van der Waals surface area contributed by atoms with Crippen LogP contribution in [0.2, 0.25) is 5.04 Å². The Labute approximate surface area is 248 Å². The predicted octanol–water partition coefficient (Wildman–Crippen LogP) is 7.57. The van der Waals surface area contributed by atoms with Crippen molar-refractivity contribution in [1.82, 2.24) is 9.55 Å². The number of hydrogen-bond donors (Lipinski definition) is 0. The Bertz CT molecular complexity index is 1440. The highest BCUT2D eigenvalue weighted by molar-refractivity contribution is 7.20. The Morgan fingerprint density at radius 3 is 2.51 bits per heavy atom. The number of thiophene rings is 1. The summed E-state index contributed by atoms with van der Waals surface area (Å²) in [5.41, 5.74) is 1.81. The Kier molecular flexibility index (Phi) is 8.33. The van der Waals surface area contributed by atoms with E-state index in [9.17, 15) is 14.9 Å². The average molecular weight is 597 g/mol. The quantitative estimate of drug-likeness (QED) is 0.114. The number of methoxy groups -OCH3 is 1. The minimum atomic E-state index is -0.696. The maximum Gasteiger partial charge on any atom is 0.347 e. The van der Waals surface area contributed by atoms with Gasteiger partial charge in [-0.15, -0.1) is 11.3 Å². The summed E-state index contributed by atoms with van der Waals surface area (Å²) >= 11 is 1.29. The topological polar surface area (TPSA) is 99.7 Å². The number of benzene rings is 1. The molecule has 1 aliphatic heterocycles. The van der Waals surface area contributed by atoms with Crippen LogP contribution in [0, 0.1) is 10.1 Å². The molecule has 0 amide bonds. The molecule has 1 aromatic carbocycles. The molecular formula is C30H40N4O5SSi. The third-order valence-electron chi connectivity index (χ3n) is 8.18. The van der Waals surface area contributed by atoms with Crippen molar-refractivity contribution in [2.45, 2.75) is 102 Å². The predicted molar refractivity (Wildman–Crippen MR) is 164 cm³/mol. The van der Waals surface area contributed by atoms with Gasteiger partial charge in [-0.3, -0.25) is 10.1 Å². The molecule has 3 heterocycles. The minimum absolute atomic E-state index is 0.0197. The molecular weight excluding hydrogens is 557 g/mol. The highest BCUT2D eigenvalue weighted by Crippen LogP contribution is 2.50. The van der Waals surface area contributed by atoms with Gasteiger partial charge in [0.2, 0.25) is 9.76 Å². The number of imidazole rings is 1. The first-order valence-electron chi connectivity index (χ1n) is 14.5. The first-order valence-corrected chi connectivity index (χ1v) is 16.2. The number of rotatable bonds is 8. The van der Waals surface area contributed by atoms with Crippen LogP contribution in [-0.4, -0.2) is 55.5 Å². The number of hydrogen-bond acceptors (Lipinski definition) is 8. The monoisotopic (exact) mass is 596 g/mol. The molecule has 11 heteroatoms. The molecule has 1 aliphatic carbocycles. The fourth-order valence-electron chi connectivity index (χ4n) is 6.18. The lowest BCUT2D eigenvalue weighted by atomic mass is 9.95. The van der Waals surface area contributed by atoms with Gasteiger partial charge in [0.15, 0.2) is 5.56 Å². The Morgan fingerprint density at radius 1 is 1.12 bits per heavy atom. The van der Waals surface area contributed by atoms with E-state index in [1.807, 2.05) is 24.5 Å². The number of ether oxygens (including phenoxy) is 1. The summed E-state index contributed by atoms with van der Waals surface area (Å²) in [6.07, 6.45) is 9.67. The van der Waals surface area contributed by atoms with Crippen LogP contribution in [0.3, 0.4) is 0 Å². The Hall–Kier alpha value is -2.76. The van der Waals surface area contributed by atoms with E-state index in [0.29, 0.717) is 37.8 Å². The summed E-state index contributed by atoms with van der Waals surface area (Å²) < 4.78 is 13.8. The van der Waals surface area contributed by atoms with Crippen molar-refractivity contribution >= 4 is 48.8 Å². The van der Waals surface area contributed by atoms with Crippen LogP contribution in [0.4, 0.5) is 10.7 Å². The van der Waals surface area contributed by atoms with E-state index >= 15 is 0 Å². The molecule has 1 saturated carbocycles. The van der Waals surface area contributed by atoms with E-state index in [-0.39, 0.29) is 22.3 Å². The maximum absolute atomic E-state index is 13.2. The number of nitrogens with zero attached hydrogens (tertiary/aromatic N) is 4. The molecule has 1 atom stereocenters. The highest BCUT2D eigenvalue weighted by atomic mass is 32.1. The maximum atomic E-state index is 13.2. The molecule has 2 fully saturated rings. The van der Waals surface area contributed by atoms with Gasteiger partial charge in [0.05, 0.1) is 41.0 Å². The fourth-order valence-corrected chi connectivity index (χ4v) is 8.21. The normalized spacial score (nSPS) is 18.8. The molecule has 3 aromatic rings. The second-order valence-corrected chi connectivity index (χ2v) is 15.7. The average Bonchev–Trinajstić information content (AvgIpc) is 3.68. The van der Waals surface area contributed by atoms with Crippen LogP contribution in [-0.2, 0) is 9.16 Å². The minimum Gasteiger partial charge on any atom is -0.465 e. The molecule has 0 bridgehead atoms. The van der Waals surface area contributed by atoms with Gasteiger partial charge < -0.3 is 18.6 Å². The number of esters is 1. The van der Waals surface area contributed by atoms with Crippen molar-refractivity contribution < 1.29 is 18.9 Å². The Balaban J connectivity index is 1.58. The smallest absolute Gasteiger partial charge is 0.347 e. The molecule has 0 spiro atoms. The Morgan fingerprint density at radius 2 is 1.85 bits per heavy atom. The second kappa shape index (κ2) is 11.5. The van der Waals surface area contributed by atoms with Gasteiger partial charge in [0.25, 0.3) is 0 Å². The summed E-state index contributed by atoms with van der Waals surface area (Å²) in [5.74, 6) is -0.696. The number of aromatic nitrogens is 2. The lowest BCUT2D eigenvalue weighted by molar-refractivity contribution is -0.384. The zero-order chi connectivity index (χ0) is 29.5. The number of anilines is 1. The fraction of sp³-hybridized carbons (Fsp3) is 0.600. The van der Waals surface area contributed by atoms with Gasteiger partial charge in [-0.2, -0.15) is 0 Å². The van der Waals surface area contributed by atoms with E-state index in [1.54, 1.807) is 0 Å². The summed E-state index contributed by atoms with van der Waals surface area (Å²) in [4.78, 5) is 32.6. The van der Waals surface area contributed by atoms with Gasteiger partial charge in [0.1, 0.15) is 9.88 Å². The van der Waals surface area contributed by atoms with Crippen molar-refractivity contribution in [2.24, 2.45) is 0 Å². The van der Waals surface area contributed by atoms with Crippen molar-refractivity contribution in [3.63, 3.8) is 0 Å². The summed E-state index contributed by atoms with van der Waals surface area (Å²) in [5, 5.41) is 13.2. The van der Waals surface area contributed by atoms with Gasteiger partial charge in [0, 0.05) is 18.2 Å². The lowest BCUT2D eigenvalue weighted by Gasteiger charge is -2.40. The summed E-state index contributed by atoms with van der Waals surface area (Å²) in [7, 11) is 1.57. The molecule has 1 saturated heterocycles. The third kappa shape index (κ3) is 5.94. The van der Waals surface area contributed by atoms with E-state index in [2.05, 4.69) is 49.1 Å². The lowest BCUT2D eigenvalue weighted by Crippen LogP contribution is -2.49. The molecule has 2 radical (unpaired) electrons. The van der Waals surface area contributed by atoms with E-state index in [4.69, 9.17) is 9.16 Å². The molecule has 5 rings (SSSR count).